The van der Waals surface area contributed by atoms with E-state index < -0.39 is 23.6 Å². The number of benzene rings is 1. The first-order valence-corrected chi connectivity index (χ1v) is 5.84. The van der Waals surface area contributed by atoms with E-state index in [-0.39, 0.29) is 5.56 Å². The molecule has 0 bridgehead atoms. The van der Waals surface area contributed by atoms with Crippen LogP contribution in [0.25, 0.3) is 0 Å². The van der Waals surface area contributed by atoms with Crippen molar-refractivity contribution in [1.82, 2.24) is 0 Å². The molecule has 0 fully saturated rings. The summed E-state index contributed by atoms with van der Waals surface area (Å²) in [6.07, 6.45) is -3.26. The molecule has 1 unspecified atom stereocenters. The quantitative estimate of drug-likeness (QED) is 0.806. The topological polar surface area (TPSA) is 26.0 Å². The molecule has 0 aliphatic rings. The molecule has 1 nitrogen and oxygen atoms in total. The van der Waals surface area contributed by atoms with Gasteiger partial charge >= 0.3 is 6.18 Å². The summed E-state index contributed by atoms with van der Waals surface area (Å²) in [5, 5.41) is 0. The molecule has 5 heteroatoms. The lowest BCUT2D eigenvalue weighted by Crippen LogP contribution is -2.15. The molecule has 0 radical (unpaired) electrons. The van der Waals surface area contributed by atoms with Crippen molar-refractivity contribution in [2.24, 2.45) is 11.7 Å². The van der Waals surface area contributed by atoms with E-state index in [0.717, 1.165) is 24.6 Å². The minimum Gasteiger partial charge on any atom is -0.324 e. The summed E-state index contributed by atoms with van der Waals surface area (Å²) in [5.41, 5.74) is 4.82. The Morgan fingerprint density at radius 3 is 2.28 bits per heavy atom. The molecule has 0 saturated carbocycles. The second kappa shape index (κ2) is 5.69. The van der Waals surface area contributed by atoms with Gasteiger partial charge in [-0.15, -0.1) is 0 Å². The zero-order valence-electron chi connectivity index (χ0n) is 10.4. The van der Waals surface area contributed by atoms with Crippen molar-refractivity contribution in [2.45, 2.75) is 38.9 Å². The van der Waals surface area contributed by atoms with Crippen molar-refractivity contribution in [3.63, 3.8) is 0 Å². The molecule has 0 saturated heterocycles. The predicted molar refractivity (Wildman–Crippen MR) is 62.4 cm³/mol. The molecule has 102 valence electrons. The summed E-state index contributed by atoms with van der Waals surface area (Å²) in [6.45, 7) is 3.96. The Kier molecular flexibility index (Phi) is 4.73. The first-order valence-electron chi connectivity index (χ1n) is 5.84. The van der Waals surface area contributed by atoms with E-state index in [1.54, 1.807) is 0 Å². The van der Waals surface area contributed by atoms with Gasteiger partial charge in [-0.2, -0.15) is 13.2 Å². The Labute approximate surface area is 104 Å². The molecular weight excluding hydrogens is 246 g/mol. The van der Waals surface area contributed by atoms with Crippen molar-refractivity contribution >= 4 is 0 Å². The highest BCUT2D eigenvalue weighted by molar-refractivity contribution is 5.29. The summed E-state index contributed by atoms with van der Waals surface area (Å²) in [4.78, 5) is 0. The largest absolute Gasteiger partial charge is 0.416 e. The van der Waals surface area contributed by atoms with Crippen LogP contribution in [0.2, 0.25) is 0 Å². The fourth-order valence-electron chi connectivity index (χ4n) is 1.67. The van der Waals surface area contributed by atoms with Crippen LogP contribution < -0.4 is 5.73 Å². The standard InChI is InChI=1S/C13H17F4N/c1-8(2)3-6-12(18)10-7-9(13(15,16)17)4-5-11(10)14/h4-5,7-8,12H,3,6,18H2,1-2H3. The van der Waals surface area contributed by atoms with Crippen molar-refractivity contribution < 1.29 is 17.6 Å². The molecule has 0 amide bonds. The summed E-state index contributed by atoms with van der Waals surface area (Å²) >= 11 is 0. The molecule has 0 aromatic heterocycles. The van der Waals surface area contributed by atoms with Crippen LogP contribution >= 0.6 is 0 Å². The van der Waals surface area contributed by atoms with Crippen LogP contribution in [-0.4, -0.2) is 0 Å². The highest BCUT2D eigenvalue weighted by Crippen LogP contribution is 2.32. The normalized spacial score (nSPS) is 14.0. The Balaban J connectivity index is 2.93. The zero-order chi connectivity index (χ0) is 13.9. The molecule has 1 rings (SSSR count). The van der Waals surface area contributed by atoms with Crippen LogP contribution in [-0.2, 0) is 6.18 Å². The maximum atomic E-state index is 13.5. The monoisotopic (exact) mass is 263 g/mol. The van der Waals surface area contributed by atoms with Gasteiger partial charge < -0.3 is 5.73 Å². The van der Waals surface area contributed by atoms with Crippen molar-refractivity contribution in [2.75, 3.05) is 0 Å². The molecule has 18 heavy (non-hydrogen) atoms. The average Bonchev–Trinajstić information content (AvgIpc) is 2.24. The maximum Gasteiger partial charge on any atom is 0.416 e. The van der Waals surface area contributed by atoms with Gasteiger partial charge in [0.15, 0.2) is 0 Å². The molecule has 0 spiro atoms. The van der Waals surface area contributed by atoms with Gasteiger partial charge in [0, 0.05) is 11.6 Å². The lowest BCUT2D eigenvalue weighted by atomic mass is 9.96. The average molecular weight is 263 g/mol. The van der Waals surface area contributed by atoms with Crippen molar-refractivity contribution in [3.05, 3.63) is 35.1 Å². The van der Waals surface area contributed by atoms with Crippen LogP contribution in [0.4, 0.5) is 17.6 Å². The molecule has 0 aliphatic carbocycles. The highest BCUT2D eigenvalue weighted by atomic mass is 19.4. The first-order chi connectivity index (χ1) is 8.21. The van der Waals surface area contributed by atoms with Gasteiger partial charge in [-0.25, -0.2) is 4.39 Å². The number of alkyl halides is 3. The lowest BCUT2D eigenvalue weighted by Gasteiger charge is -2.16. The van der Waals surface area contributed by atoms with E-state index in [9.17, 15) is 17.6 Å². The van der Waals surface area contributed by atoms with Crippen LogP contribution in [0, 0.1) is 11.7 Å². The molecule has 1 aromatic rings. The van der Waals surface area contributed by atoms with Gasteiger partial charge in [0.05, 0.1) is 5.56 Å². The third-order valence-corrected chi connectivity index (χ3v) is 2.78. The van der Waals surface area contributed by atoms with Crippen LogP contribution in [0.1, 0.15) is 43.9 Å². The second-order valence-corrected chi connectivity index (χ2v) is 4.81. The van der Waals surface area contributed by atoms with Crippen molar-refractivity contribution in [1.29, 1.82) is 0 Å². The molecule has 1 atom stereocenters. The van der Waals surface area contributed by atoms with Gasteiger partial charge in [-0.1, -0.05) is 13.8 Å². The van der Waals surface area contributed by atoms with Crippen LogP contribution in [0.5, 0.6) is 0 Å². The summed E-state index contributed by atoms with van der Waals surface area (Å²) in [7, 11) is 0. The maximum absolute atomic E-state index is 13.5. The van der Waals surface area contributed by atoms with E-state index in [2.05, 4.69) is 0 Å². The number of hydrogen-bond acceptors (Lipinski definition) is 1. The minimum atomic E-state index is -4.47. The van der Waals surface area contributed by atoms with E-state index in [1.165, 1.54) is 0 Å². The first kappa shape index (κ1) is 15.0. The third-order valence-electron chi connectivity index (χ3n) is 2.78. The Bertz CT molecular complexity index is 398. The zero-order valence-corrected chi connectivity index (χ0v) is 10.4. The minimum absolute atomic E-state index is 0.0644. The van der Waals surface area contributed by atoms with Gasteiger partial charge in [0.1, 0.15) is 5.82 Å². The number of hydrogen-bond donors (Lipinski definition) is 1. The van der Waals surface area contributed by atoms with Gasteiger partial charge in [0.25, 0.3) is 0 Å². The van der Waals surface area contributed by atoms with Gasteiger partial charge in [-0.3, -0.25) is 0 Å². The van der Waals surface area contributed by atoms with Crippen molar-refractivity contribution in [3.8, 4) is 0 Å². The molecule has 2 N–H and O–H groups in total. The summed E-state index contributed by atoms with van der Waals surface area (Å²) < 4.78 is 51.0. The highest BCUT2D eigenvalue weighted by Gasteiger charge is 2.31. The van der Waals surface area contributed by atoms with E-state index >= 15 is 0 Å². The molecule has 1 aromatic carbocycles. The SMILES string of the molecule is CC(C)CCC(N)c1cc(C(F)(F)F)ccc1F. The third kappa shape index (κ3) is 3.98. The van der Waals surface area contributed by atoms with E-state index in [1.807, 2.05) is 13.8 Å². The van der Waals surface area contributed by atoms with Crippen LogP contribution in [0.3, 0.4) is 0 Å². The number of halogens is 4. The second-order valence-electron chi connectivity index (χ2n) is 4.81. The fraction of sp³-hybridized carbons (Fsp3) is 0.538. The van der Waals surface area contributed by atoms with E-state index in [4.69, 9.17) is 5.73 Å². The predicted octanol–water partition coefficient (Wildman–Crippen LogP) is 4.28. The van der Waals surface area contributed by atoms with Gasteiger partial charge in [0.2, 0.25) is 0 Å². The number of rotatable bonds is 4. The Morgan fingerprint density at radius 2 is 1.78 bits per heavy atom. The Morgan fingerprint density at radius 1 is 1.17 bits per heavy atom. The molecular formula is C13H17F4N. The molecule has 0 heterocycles. The number of nitrogens with two attached hydrogens (primary N) is 1. The van der Waals surface area contributed by atoms with Gasteiger partial charge in [-0.05, 0) is 37.0 Å². The summed E-state index contributed by atoms with van der Waals surface area (Å²) in [6, 6.07) is 1.66. The van der Waals surface area contributed by atoms with Crippen LogP contribution in [0.15, 0.2) is 18.2 Å². The Hall–Kier alpha value is -1.10. The molecule has 0 aliphatic heterocycles. The van der Waals surface area contributed by atoms with E-state index in [0.29, 0.717) is 12.3 Å². The smallest absolute Gasteiger partial charge is 0.324 e. The fourth-order valence-corrected chi connectivity index (χ4v) is 1.67. The summed E-state index contributed by atoms with van der Waals surface area (Å²) in [5.74, 6) is -0.302. The lowest BCUT2D eigenvalue weighted by molar-refractivity contribution is -0.137.